The number of anilines is 1. The van der Waals surface area contributed by atoms with Crippen molar-refractivity contribution in [3.63, 3.8) is 0 Å². The van der Waals surface area contributed by atoms with Gasteiger partial charge in [-0.2, -0.15) is 0 Å². The second-order valence-corrected chi connectivity index (χ2v) is 9.19. The molecule has 1 heterocycles. The van der Waals surface area contributed by atoms with E-state index in [1.54, 1.807) is 12.1 Å². The number of hydrogen-bond acceptors (Lipinski definition) is 4. The molecule has 27 heavy (non-hydrogen) atoms. The zero-order valence-electron chi connectivity index (χ0n) is 16.1. The zero-order chi connectivity index (χ0) is 19.6. The van der Waals surface area contributed by atoms with E-state index in [-0.39, 0.29) is 11.9 Å². The van der Waals surface area contributed by atoms with Crippen LogP contribution >= 0.6 is 0 Å². The summed E-state index contributed by atoms with van der Waals surface area (Å²) in [6.07, 6.45) is 2.58. The van der Waals surface area contributed by atoms with Gasteiger partial charge in [0.25, 0.3) is 0 Å². The van der Waals surface area contributed by atoms with Crippen molar-refractivity contribution in [2.75, 3.05) is 31.3 Å². The fourth-order valence-corrected chi connectivity index (χ4v) is 4.08. The van der Waals surface area contributed by atoms with E-state index in [1.807, 2.05) is 42.3 Å². The number of benzene rings is 2. The number of amides is 1. The Labute approximate surface area is 161 Å². The van der Waals surface area contributed by atoms with Crippen LogP contribution in [0.1, 0.15) is 30.5 Å². The lowest BCUT2D eigenvalue weighted by Crippen LogP contribution is -2.33. The van der Waals surface area contributed by atoms with Gasteiger partial charge in [-0.1, -0.05) is 30.3 Å². The highest BCUT2D eigenvalue weighted by Gasteiger charge is 2.24. The molecule has 0 aromatic heterocycles. The first-order valence-electron chi connectivity index (χ1n) is 9.16. The second kappa shape index (κ2) is 7.82. The Balaban J connectivity index is 1.59. The van der Waals surface area contributed by atoms with E-state index in [2.05, 4.69) is 17.9 Å². The normalized spacial score (nSPS) is 15.0. The fourth-order valence-electron chi connectivity index (χ4n) is 3.45. The molecule has 0 N–H and O–H groups in total. The van der Waals surface area contributed by atoms with Gasteiger partial charge in [-0.25, -0.2) is 8.42 Å². The molecule has 1 aliphatic rings. The van der Waals surface area contributed by atoms with Crippen molar-refractivity contribution in [2.24, 2.45) is 0 Å². The summed E-state index contributed by atoms with van der Waals surface area (Å²) in [6.45, 7) is 3.46. The first kappa shape index (κ1) is 19.6. The van der Waals surface area contributed by atoms with Crippen molar-refractivity contribution >= 4 is 21.4 Å². The third-order valence-electron chi connectivity index (χ3n) is 5.32. The molecule has 0 fully saturated rings. The van der Waals surface area contributed by atoms with Crippen LogP contribution in [0.2, 0.25) is 0 Å². The summed E-state index contributed by atoms with van der Waals surface area (Å²) < 4.78 is 23.2. The van der Waals surface area contributed by atoms with Crippen molar-refractivity contribution in [3.05, 3.63) is 59.7 Å². The molecule has 0 aliphatic carbocycles. The van der Waals surface area contributed by atoms with Crippen LogP contribution in [0, 0.1) is 0 Å². The second-order valence-electron chi connectivity index (χ2n) is 7.17. The maximum Gasteiger partial charge on any atom is 0.228 e. The Morgan fingerprint density at radius 1 is 1.15 bits per heavy atom. The minimum atomic E-state index is -3.18. The highest BCUT2D eigenvalue weighted by Crippen LogP contribution is 2.28. The molecule has 1 atom stereocenters. The average molecular weight is 387 g/mol. The molecule has 6 heteroatoms. The summed E-state index contributed by atoms with van der Waals surface area (Å²) in [5.41, 5.74) is 3.30. The van der Waals surface area contributed by atoms with E-state index in [9.17, 15) is 13.2 Å². The van der Waals surface area contributed by atoms with E-state index in [0.29, 0.717) is 17.9 Å². The van der Waals surface area contributed by atoms with Crippen molar-refractivity contribution in [3.8, 4) is 0 Å². The van der Waals surface area contributed by atoms with E-state index in [1.165, 1.54) is 11.8 Å². The largest absolute Gasteiger partial charge is 0.312 e. The number of sulfone groups is 1. The summed E-state index contributed by atoms with van der Waals surface area (Å²) in [5, 5.41) is 0. The van der Waals surface area contributed by atoms with Gasteiger partial charge < -0.3 is 4.90 Å². The molecule has 0 radical (unpaired) electrons. The van der Waals surface area contributed by atoms with Gasteiger partial charge >= 0.3 is 0 Å². The number of carbonyl (C=O) groups is 1. The molecule has 0 spiro atoms. The predicted octanol–water partition coefficient (Wildman–Crippen LogP) is 3.06. The Morgan fingerprint density at radius 2 is 1.81 bits per heavy atom. The van der Waals surface area contributed by atoms with E-state index in [0.717, 1.165) is 24.2 Å². The van der Waals surface area contributed by atoms with Gasteiger partial charge in [0, 0.05) is 37.5 Å². The van der Waals surface area contributed by atoms with Gasteiger partial charge in [0.2, 0.25) is 5.91 Å². The minimum absolute atomic E-state index is 0.0947. The van der Waals surface area contributed by atoms with Crippen LogP contribution < -0.4 is 4.90 Å². The number of hydrogen-bond donors (Lipinski definition) is 0. The Kier molecular flexibility index (Phi) is 5.67. The topological polar surface area (TPSA) is 57.7 Å². The molecule has 0 saturated carbocycles. The lowest BCUT2D eigenvalue weighted by atomic mass is 10.1. The van der Waals surface area contributed by atoms with Gasteiger partial charge in [-0.15, -0.1) is 0 Å². The quantitative estimate of drug-likeness (QED) is 0.766. The third-order valence-corrected chi connectivity index (χ3v) is 6.45. The predicted molar refractivity (Wildman–Crippen MR) is 108 cm³/mol. The SMILES string of the molecule is CC(c1ccc(S(C)(=O)=O)cc1)N(C)CCC(=O)N1CCc2ccccc21. The first-order valence-corrected chi connectivity index (χ1v) is 11.0. The molecular formula is C21H26N2O3S. The molecule has 2 aromatic carbocycles. The monoisotopic (exact) mass is 386 g/mol. The van der Waals surface area contributed by atoms with Crippen molar-refractivity contribution in [2.45, 2.75) is 30.7 Å². The van der Waals surface area contributed by atoms with Crippen LogP contribution in [-0.4, -0.2) is 45.6 Å². The molecule has 0 saturated heterocycles. The number of carbonyl (C=O) groups excluding carboxylic acids is 1. The maximum absolute atomic E-state index is 12.7. The van der Waals surface area contributed by atoms with E-state index >= 15 is 0 Å². The highest BCUT2D eigenvalue weighted by atomic mass is 32.2. The molecule has 1 unspecified atom stereocenters. The van der Waals surface area contributed by atoms with Crippen molar-refractivity contribution < 1.29 is 13.2 Å². The molecule has 0 bridgehead atoms. The van der Waals surface area contributed by atoms with E-state index in [4.69, 9.17) is 0 Å². The van der Waals surface area contributed by atoms with Gasteiger partial charge in [0.15, 0.2) is 9.84 Å². The van der Waals surface area contributed by atoms with Gasteiger partial charge in [-0.05, 0) is 49.7 Å². The lowest BCUT2D eigenvalue weighted by Gasteiger charge is -2.26. The summed E-state index contributed by atoms with van der Waals surface area (Å²) in [7, 11) is -1.20. The molecule has 2 aromatic rings. The number of rotatable bonds is 6. The molecular weight excluding hydrogens is 360 g/mol. The fraction of sp³-hybridized carbons (Fsp3) is 0.381. The van der Waals surface area contributed by atoms with Crippen LogP contribution in [0.3, 0.4) is 0 Å². The summed E-state index contributed by atoms with van der Waals surface area (Å²) in [5.74, 6) is 0.145. The molecule has 5 nitrogen and oxygen atoms in total. The Morgan fingerprint density at radius 3 is 2.48 bits per heavy atom. The smallest absolute Gasteiger partial charge is 0.228 e. The number of para-hydroxylation sites is 1. The number of nitrogens with zero attached hydrogens (tertiary/aromatic N) is 2. The van der Waals surface area contributed by atoms with Crippen LogP contribution in [0.4, 0.5) is 5.69 Å². The van der Waals surface area contributed by atoms with Crippen molar-refractivity contribution in [1.82, 2.24) is 4.90 Å². The van der Waals surface area contributed by atoms with Crippen LogP contribution in [0.15, 0.2) is 53.4 Å². The lowest BCUT2D eigenvalue weighted by molar-refractivity contribution is -0.118. The molecule has 144 valence electrons. The minimum Gasteiger partial charge on any atom is -0.312 e. The van der Waals surface area contributed by atoms with Gasteiger partial charge in [0.05, 0.1) is 4.90 Å². The zero-order valence-corrected chi connectivity index (χ0v) is 16.9. The summed E-state index contributed by atoms with van der Waals surface area (Å²) in [4.78, 5) is 17.0. The standard InChI is InChI=1S/C21H26N2O3S/c1-16(17-8-10-19(11-9-17)27(3,25)26)22(2)14-13-21(24)23-15-12-18-6-4-5-7-20(18)23/h4-11,16H,12-15H2,1-3H3. The summed E-state index contributed by atoms with van der Waals surface area (Å²) in [6, 6.07) is 15.1. The Bertz CT molecular complexity index is 923. The summed E-state index contributed by atoms with van der Waals surface area (Å²) >= 11 is 0. The van der Waals surface area contributed by atoms with Crippen LogP contribution in [0.25, 0.3) is 0 Å². The van der Waals surface area contributed by atoms with Crippen molar-refractivity contribution in [1.29, 1.82) is 0 Å². The van der Waals surface area contributed by atoms with Gasteiger partial charge in [-0.3, -0.25) is 9.69 Å². The molecule has 1 amide bonds. The molecule has 1 aliphatic heterocycles. The molecule has 3 rings (SSSR count). The average Bonchev–Trinajstić information content (AvgIpc) is 3.09. The van der Waals surface area contributed by atoms with Crippen LogP contribution in [0.5, 0.6) is 0 Å². The number of fused-ring (bicyclic) bond motifs is 1. The third kappa shape index (κ3) is 4.39. The van der Waals surface area contributed by atoms with Gasteiger partial charge in [0.1, 0.15) is 0 Å². The van der Waals surface area contributed by atoms with E-state index < -0.39 is 9.84 Å². The van der Waals surface area contributed by atoms with Crippen LogP contribution in [-0.2, 0) is 21.1 Å². The maximum atomic E-state index is 12.7. The highest BCUT2D eigenvalue weighted by molar-refractivity contribution is 7.90. The Hall–Kier alpha value is -2.18. The first-order chi connectivity index (χ1) is 12.8.